The highest BCUT2D eigenvalue weighted by Gasteiger charge is 2.35. The average molecular weight is 457 g/mol. The van der Waals surface area contributed by atoms with Gasteiger partial charge >= 0.3 is 0 Å². The minimum atomic E-state index is -0.207. The standard InChI is InChI=1S/C19H20BrClFN3S/c1-12-16(21)10-15(20)17(24-12)25-18(26)23-11-19(8-2-3-9-19)13-4-6-14(22)7-5-13/h4-7,10H,2-3,8-9,11H2,1H3,(H2,23,24,25,26). The van der Waals surface area contributed by atoms with E-state index in [2.05, 4.69) is 31.5 Å². The second kappa shape index (κ2) is 8.19. The fraction of sp³-hybridized carbons (Fsp3) is 0.368. The van der Waals surface area contributed by atoms with Crippen molar-refractivity contribution in [3.8, 4) is 0 Å². The van der Waals surface area contributed by atoms with E-state index in [9.17, 15) is 4.39 Å². The van der Waals surface area contributed by atoms with Crippen molar-refractivity contribution in [2.45, 2.75) is 38.0 Å². The summed E-state index contributed by atoms with van der Waals surface area (Å²) in [7, 11) is 0. The van der Waals surface area contributed by atoms with Crippen LogP contribution < -0.4 is 10.6 Å². The van der Waals surface area contributed by atoms with Gasteiger partial charge in [0.15, 0.2) is 5.11 Å². The second-order valence-corrected chi connectivity index (χ2v) is 8.36. The van der Waals surface area contributed by atoms with Gasteiger partial charge in [0.05, 0.1) is 15.2 Å². The minimum Gasteiger partial charge on any atom is -0.362 e. The molecule has 3 nitrogen and oxygen atoms in total. The van der Waals surface area contributed by atoms with Gasteiger partial charge in [0.2, 0.25) is 0 Å². The molecule has 0 unspecified atom stereocenters. The van der Waals surface area contributed by atoms with Crippen LogP contribution in [0.15, 0.2) is 34.8 Å². The first-order chi connectivity index (χ1) is 12.4. The predicted molar refractivity (Wildman–Crippen MR) is 112 cm³/mol. The lowest BCUT2D eigenvalue weighted by Crippen LogP contribution is -2.41. The summed E-state index contributed by atoms with van der Waals surface area (Å²) in [5, 5.41) is 7.55. The van der Waals surface area contributed by atoms with E-state index < -0.39 is 0 Å². The normalized spacial score (nSPS) is 15.7. The van der Waals surface area contributed by atoms with Gasteiger partial charge < -0.3 is 10.6 Å². The van der Waals surface area contributed by atoms with Crippen LogP contribution in [0.3, 0.4) is 0 Å². The van der Waals surface area contributed by atoms with Crippen LogP contribution in [0, 0.1) is 12.7 Å². The summed E-state index contributed by atoms with van der Waals surface area (Å²) in [6, 6.07) is 8.64. The maximum atomic E-state index is 13.3. The first-order valence-corrected chi connectivity index (χ1v) is 10.1. The molecule has 1 fully saturated rings. The highest BCUT2D eigenvalue weighted by molar-refractivity contribution is 9.10. The molecule has 3 rings (SSSR count). The maximum Gasteiger partial charge on any atom is 0.172 e. The molecule has 2 N–H and O–H groups in total. The van der Waals surface area contributed by atoms with Gasteiger partial charge in [0, 0.05) is 12.0 Å². The Morgan fingerprint density at radius 2 is 1.96 bits per heavy atom. The third-order valence-corrected chi connectivity index (χ3v) is 6.17. The largest absolute Gasteiger partial charge is 0.362 e. The van der Waals surface area contributed by atoms with Crippen LogP contribution in [0.1, 0.15) is 36.9 Å². The molecule has 0 spiro atoms. The van der Waals surface area contributed by atoms with Crippen molar-refractivity contribution < 1.29 is 4.39 Å². The van der Waals surface area contributed by atoms with Gasteiger partial charge in [-0.3, -0.25) is 0 Å². The van der Waals surface area contributed by atoms with Crippen molar-refractivity contribution in [1.82, 2.24) is 10.3 Å². The monoisotopic (exact) mass is 455 g/mol. The Morgan fingerprint density at radius 3 is 2.62 bits per heavy atom. The van der Waals surface area contributed by atoms with E-state index in [4.69, 9.17) is 23.8 Å². The molecule has 0 aliphatic heterocycles. The van der Waals surface area contributed by atoms with Crippen LogP contribution in [-0.2, 0) is 5.41 Å². The first-order valence-electron chi connectivity index (χ1n) is 8.53. The van der Waals surface area contributed by atoms with Crippen LogP contribution in [0.25, 0.3) is 0 Å². The number of rotatable bonds is 4. The molecule has 26 heavy (non-hydrogen) atoms. The molecule has 0 bridgehead atoms. The molecule has 2 aromatic rings. The molecule has 7 heteroatoms. The van der Waals surface area contributed by atoms with Crippen molar-refractivity contribution in [1.29, 1.82) is 0 Å². The van der Waals surface area contributed by atoms with Crippen LogP contribution in [-0.4, -0.2) is 16.6 Å². The summed E-state index contributed by atoms with van der Waals surface area (Å²) in [4.78, 5) is 4.42. The fourth-order valence-corrected chi connectivity index (χ4v) is 4.34. The van der Waals surface area contributed by atoms with Gasteiger partial charge in [0.25, 0.3) is 0 Å². The van der Waals surface area contributed by atoms with Gasteiger partial charge in [-0.1, -0.05) is 36.6 Å². The van der Waals surface area contributed by atoms with Crippen molar-refractivity contribution in [2.24, 2.45) is 0 Å². The zero-order chi connectivity index (χ0) is 18.7. The molecule has 0 atom stereocenters. The van der Waals surface area contributed by atoms with Gasteiger partial charge in [-0.15, -0.1) is 0 Å². The molecule has 0 radical (unpaired) electrons. The second-order valence-electron chi connectivity index (χ2n) is 6.69. The number of thiocarbonyl (C=S) groups is 1. The molecule has 1 heterocycles. The van der Waals surface area contributed by atoms with E-state index in [1.807, 2.05) is 19.1 Å². The molecule has 1 saturated carbocycles. The lowest BCUT2D eigenvalue weighted by Gasteiger charge is -2.30. The lowest BCUT2D eigenvalue weighted by molar-refractivity contribution is 0.434. The maximum absolute atomic E-state index is 13.3. The summed E-state index contributed by atoms with van der Waals surface area (Å²) >= 11 is 15.0. The zero-order valence-corrected chi connectivity index (χ0v) is 17.6. The molecule has 138 valence electrons. The van der Waals surface area contributed by atoms with E-state index in [1.54, 1.807) is 6.07 Å². The van der Waals surface area contributed by atoms with Crippen molar-refractivity contribution in [3.05, 3.63) is 56.9 Å². The summed E-state index contributed by atoms with van der Waals surface area (Å²) in [6.45, 7) is 2.55. The number of nitrogens with one attached hydrogen (secondary N) is 2. The number of nitrogens with zero attached hydrogens (tertiary/aromatic N) is 1. The van der Waals surface area contributed by atoms with E-state index >= 15 is 0 Å². The molecular weight excluding hydrogens is 437 g/mol. The molecule has 0 saturated heterocycles. The smallest absolute Gasteiger partial charge is 0.172 e. The summed E-state index contributed by atoms with van der Waals surface area (Å²) < 4.78 is 14.0. The lowest BCUT2D eigenvalue weighted by atomic mass is 9.79. The fourth-order valence-electron chi connectivity index (χ4n) is 3.47. The third kappa shape index (κ3) is 4.35. The van der Waals surface area contributed by atoms with Gasteiger partial charge in [0.1, 0.15) is 11.6 Å². The Labute approximate surface area is 171 Å². The average Bonchev–Trinajstić information content (AvgIpc) is 3.09. The third-order valence-electron chi connectivity index (χ3n) is 4.94. The molecular formula is C19H20BrClFN3S. The van der Waals surface area contributed by atoms with Crippen LogP contribution in [0.4, 0.5) is 10.2 Å². The highest BCUT2D eigenvalue weighted by atomic mass is 79.9. The van der Waals surface area contributed by atoms with E-state index in [-0.39, 0.29) is 11.2 Å². The van der Waals surface area contributed by atoms with Crippen molar-refractivity contribution in [2.75, 3.05) is 11.9 Å². The summed E-state index contributed by atoms with van der Waals surface area (Å²) in [5.74, 6) is 0.424. The first kappa shape index (κ1) is 19.5. The Morgan fingerprint density at radius 1 is 1.31 bits per heavy atom. The molecule has 1 aliphatic rings. The predicted octanol–water partition coefficient (Wildman–Crippen LogP) is 5.74. The summed E-state index contributed by atoms with van der Waals surface area (Å²) in [5.41, 5.74) is 1.88. The number of halogens is 3. The van der Waals surface area contributed by atoms with Crippen LogP contribution >= 0.6 is 39.7 Å². The van der Waals surface area contributed by atoms with E-state index in [0.29, 0.717) is 22.5 Å². The van der Waals surface area contributed by atoms with E-state index in [0.717, 1.165) is 28.6 Å². The number of benzene rings is 1. The number of anilines is 1. The van der Waals surface area contributed by atoms with Crippen LogP contribution in [0.5, 0.6) is 0 Å². The Bertz CT molecular complexity index is 807. The molecule has 0 amide bonds. The van der Waals surface area contributed by atoms with Gasteiger partial charge in [-0.25, -0.2) is 9.37 Å². The van der Waals surface area contributed by atoms with Crippen LogP contribution in [0.2, 0.25) is 5.02 Å². The van der Waals surface area contributed by atoms with Gasteiger partial charge in [-0.05, 0) is 71.7 Å². The number of hydrogen-bond acceptors (Lipinski definition) is 2. The zero-order valence-electron chi connectivity index (χ0n) is 14.4. The number of pyridine rings is 1. The topological polar surface area (TPSA) is 37.0 Å². The SMILES string of the molecule is Cc1nc(NC(=S)NCC2(c3ccc(F)cc3)CCCC2)c(Br)cc1Cl. The minimum absolute atomic E-state index is 0.0139. The highest BCUT2D eigenvalue weighted by Crippen LogP contribution is 2.40. The number of hydrogen-bond donors (Lipinski definition) is 2. The van der Waals surface area contributed by atoms with Gasteiger partial charge in [-0.2, -0.15) is 0 Å². The number of aromatic nitrogens is 1. The molecule has 1 aromatic carbocycles. The Balaban J connectivity index is 1.69. The Hall–Kier alpha value is -1.24. The summed E-state index contributed by atoms with van der Waals surface area (Å²) in [6.07, 6.45) is 4.47. The molecule has 1 aromatic heterocycles. The van der Waals surface area contributed by atoms with Crippen molar-refractivity contribution >= 4 is 50.7 Å². The Kier molecular flexibility index (Phi) is 6.15. The number of aryl methyl sites for hydroxylation is 1. The quantitative estimate of drug-likeness (QED) is 0.575. The van der Waals surface area contributed by atoms with E-state index in [1.165, 1.54) is 25.0 Å². The van der Waals surface area contributed by atoms with Crippen molar-refractivity contribution in [3.63, 3.8) is 0 Å². The molecule has 1 aliphatic carbocycles.